The second kappa shape index (κ2) is 7.27. The molecule has 0 spiro atoms. The topological polar surface area (TPSA) is 18.5 Å². The molecule has 0 saturated heterocycles. The molecule has 0 N–H and O–H groups in total. The first-order valence-corrected chi connectivity index (χ1v) is 6.94. The minimum Gasteiger partial charge on any atom is -0.454 e. The second-order valence-corrected chi connectivity index (χ2v) is 4.47. The highest BCUT2D eigenvalue weighted by atomic mass is 35.5. The van der Waals surface area contributed by atoms with E-state index < -0.39 is 0 Å². The van der Waals surface area contributed by atoms with Crippen molar-refractivity contribution in [3.63, 3.8) is 0 Å². The lowest BCUT2D eigenvalue weighted by atomic mass is 10.2. The van der Waals surface area contributed by atoms with Crippen molar-refractivity contribution in [1.82, 2.24) is 0 Å². The zero-order chi connectivity index (χ0) is 13.5. The summed E-state index contributed by atoms with van der Waals surface area (Å²) in [6.45, 7) is 0.321. The van der Waals surface area contributed by atoms with Crippen molar-refractivity contribution in [3.8, 4) is 11.5 Å². The molecule has 1 heterocycles. The summed E-state index contributed by atoms with van der Waals surface area (Å²) in [4.78, 5) is 0. The summed E-state index contributed by atoms with van der Waals surface area (Å²) in [6.07, 6.45) is 0. The van der Waals surface area contributed by atoms with Gasteiger partial charge in [-0.1, -0.05) is 36.4 Å². The molecule has 1 aliphatic heterocycles. The number of hydrogen-bond acceptors (Lipinski definition) is 2. The molecule has 0 radical (unpaired) electrons. The molecule has 1 aliphatic rings. The molecular formula is C15H14Cl2O2. The van der Waals surface area contributed by atoms with Crippen molar-refractivity contribution in [2.75, 3.05) is 6.79 Å². The van der Waals surface area contributed by atoms with Crippen molar-refractivity contribution in [1.29, 1.82) is 0 Å². The smallest absolute Gasteiger partial charge is 0.231 e. The lowest BCUT2D eigenvalue weighted by Crippen LogP contribution is -1.92. The molecule has 0 amide bonds. The number of benzene rings is 2. The van der Waals surface area contributed by atoms with E-state index in [2.05, 4.69) is 0 Å². The highest BCUT2D eigenvalue weighted by molar-refractivity contribution is 6.17. The third-order valence-corrected chi connectivity index (χ3v) is 3.21. The van der Waals surface area contributed by atoms with Crippen LogP contribution in [0.2, 0.25) is 0 Å². The molecule has 4 heteroatoms. The minimum absolute atomic E-state index is 0.321. The van der Waals surface area contributed by atoms with Gasteiger partial charge in [-0.05, 0) is 23.3 Å². The Morgan fingerprint density at radius 2 is 1.47 bits per heavy atom. The summed E-state index contributed by atoms with van der Waals surface area (Å²) in [5.74, 6) is 2.72. The quantitative estimate of drug-likeness (QED) is 0.755. The van der Waals surface area contributed by atoms with Crippen LogP contribution in [0.3, 0.4) is 0 Å². The maximum Gasteiger partial charge on any atom is 0.231 e. The van der Waals surface area contributed by atoms with Crippen LogP contribution in [0.25, 0.3) is 0 Å². The Balaban J connectivity index is 0.000000148. The molecule has 0 bridgehead atoms. The molecule has 0 aliphatic carbocycles. The fourth-order valence-electron chi connectivity index (χ4n) is 1.59. The fraction of sp³-hybridized carbons (Fsp3) is 0.200. The van der Waals surface area contributed by atoms with Gasteiger partial charge in [-0.25, -0.2) is 0 Å². The van der Waals surface area contributed by atoms with Crippen LogP contribution in [0.4, 0.5) is 0 Å². The van der Waals surface area contributed by atoms with E-state index in [1.165, 1.54) is 5.56 Å². The predicted molar refractivity (Wildman–Crippen MR) is 78.1 cm³/mol. The molecule has 0 aromatic heterocycles. The monoisotopic (exact) mass is 296 g/mol. The van der Waals surface area contributed by atoms with Gasteiger partial charge in [-0.3, -0.25) is 0 Å². The van der Waals surface area contributed by atoms with Crippen LogP contribution in [0.1, 0.15) is 11.1 Å². The Kier molecular flexibility index (Phi) is 5.37. The zero-order valence-corrected chi connectivity index (χ0v) is 11.8. The zero-order valence-electron chi connectivity index (χ0n) is 10.3. The Bertz CT molecular complexity index is 515. The SMILES string of the molecule is ClCc1ccc2c(c1)OCO2.ClCc1ccccc1. The third kappa shape index (κ3) is 4.05. The van der Waals surface area contributed by atoms with Crippen molar-refractivity contribution >= 4 is 23.2 Å². The van der Waals surface area contributed by atoms with Gasteiger partial charge in [0, 0.05) is 11.8 Å². The molecule has 2 aromatic rings. The van der Waals surface area contributed by atoms with Gasteiger partial charge < -0.3 is 9.47 Å². The first kappa shape index (κ1) is 14.0. The fourth-order valence-corrected chi connectivity index (χ4v) is 1.94. The molecule has 0 atom stereocenters. The van der Waals surface area contributed by atoms with Gasteiger partial charge in [0.15, 0.2) is 11.5 Å². The maximum atomic E-state index is 5.63. The molecule has 2 nitrogen and oxygen atoms in total. The van der Waals surface area contributed by atoms with Crippen LogP contribution in [0.5, 0.6) is 11.5 Å². The Morgan fingerprint density at radius 3 is 2.11 bits per heavy atom. The summed E-state index contributed by atoms with van der Waals surface area (Å²) in [7, 11) is 0. The molecular weight excluding hydrogens is 283 g/mol. The Labute approximate surface area is 122 Å². The molecule has 100 valence electrons. The van der Waals surface area contributed by atoms with E-state index >= 15 is 0 Å². The van der Waals surface area contributed by atoms with Crippen molar-refractivity contribution < 1.29 is 9.47 Å². The van der Waals surface area contributed by atoms with Crippen LogP contribution in [-0.2, 0) is 11.8 Å². The van der Waals surface area contributed by atoms with E-state index in [1.807, 2.05) is 48.5 Å². The maximum absolute atomic E-state index is 5.63. The van der Waals surface area contributed by atoms with E-state index in [4.69, 9.17) is 32.7 Å². The molecule has 0 saturated carbocycles. The van der Waals surface area contributed by atoms with E-state index in [9.17, 15) is 0 Å². The summed E-state index contributed by atoms with van der Waals surface area (Å²) < 4.78 is 10.3. The summed E-state index contributed by atoms with van der Waals surface area (Å²) in [5.41, 5.74) is 2.23. The summed E-state index contributed by atoms with van der Waals surface area (Å²) in [6, 6.07) is 15.7. The Hall–Kier alpha value is -1.38. The van der Waals surface area contributed by atoms with Crippen molar-refractivity contribution in [2.24, 2.45) is 0 Å². The van der Waals surface area contributed by atoms with Crippen LogP contribution in [0.15, 0.2) is 48.5 Å². The second-order valence-electron chi connectivity index (χ2n) is 3.94. The van der Waals surface area contributed by atoms with E-state index in [1.54, 1.807) is 0 Å². The van der Waals surface area contributed by atoms with Gasteiger partial charge in [-0.2, -0.15) is 0 Å². The van der Waals surface area contributed by atoms with E-state index in [0.717, 1.165) is 17.1 Å². The average molecular weight is 297 g/mol. The predicted octanol–water partition coefficient (Wildman–Crippen LogP) is 4.58. The number of alkyl halides is 2. The van der Waals surface area contributed by atoms with Gasteiger partial charge in [0.25, 0.3) is 0 Å². The third-order valence-electron chi connectivity index (χ3n) is 2.59. The van der Waals surface area contributed by atoms with Gasteiger partial charge in [0.05, 0.1) is 0 Å². The van der Waals surface area contributed by atoms with Crippen molar-refractivity contribution in [3.05, 3.63) is 59.7 Å². The normalized spacial score (nSPS) is 11.7. The highest BCUT2D eigenvalue weighted by Gasteiger charge is 2.12. The van der Waals surface area contributed by atoms with E-state index in [0.29, 0.717) is 18.6 Å². The lowest BCUT2D eigenvalue weighted by Gasteiger charge is -1.97. The minimum atomic E-state index is 0.321. The van der Waals surface area contributed by atoms with Gasteiger partial charge in [0.2, 0.25) is 6.79 Å². The summed E-state index contributed by atoms with van der Waals surface area (Å²) in [5, 5.41) is 0. The van der Waals surface area contributed by atoms with Crippen LogP contribution in [-0.4, -0.2) is 6.79 Å². The number of ether oxygens (including phenoxy) is 2. The molecule has 2 aromatic carbocycles. The lowest BCUT2D eigenvalue weighted by molar-refractivity contribution is 0.174. The molecule has 0 fully saturated rings. The number of rotatable bonds is 2. The first-order valence-electron chi connectivity index (χ1n) is 5.88. The molecule has 19 heavy (non-hydrogen) atoms. The highest BCUT2D eigenvalue weighted by Crippen LogP contribution is 2.32. The summed E-state index contributed by atoms with van der Waals surface area (Å²) >= 11 is 11.2. The van der Waals surface area contributed by atoms with E-state index in [-0.39, 0.29) is 0 Å². The van der Waals surface area contributed by atoms with Crippen LogP contribution >= 0.6 is 23.2 Å². The van der Waals surface area contributed by atoms with Gasteiger partial charge in [-0.15, -0.1) is 23.2 Å². The van der Waals surface area contributed by atoms with Gasteiger partial charge in [0.1, 0.15) is 0 Å². The number of hydrogen-bond donors (Lipinski definition) is 0. The van der Waals surface area contributed by atoms with Crippen molar-refractivity contribution in [2.45, 2.75) is 11.8 Å². The standard InChI is InChI=1S/C8H7ClO2.C7H7Cl/c9-4-6-1-2-7-8(3-6)11-5-10-7;8-6-7-4-2-1-3-5-7/h1-3H,4-5H2;1-5H,6H2. The number of fused-ring (bicyclic) bond motifs is 1. The first-order chi connectivity index (χ1) is 9.33. The Morgan fingerprint density at radius 1 is 0.789 bits per heavy atom. The average Bonchev–Trinajstić information content (AvgIpc) is 2.96. The number of halogens is 2. The molecule has 3 rings (SSSR count). The largest absolute Gasteiger partial charge is 0.454 e. The van der Waals surface area contributed by atoms with Crippen LogP contribution < -0.4 is 9.47 Å². The van der Waals surface area contributed by atoms with Crippen LogP contribution in [0, 0.1) is 0 Å². The van der Waals surface area contributed by atoms with Gasteiger partial charge >= 0.3 is 0 Å². The molecule has 0 unspecified atom stereocenters.